The fourth-order valence-corrected chi connectivity index (χ4v) is 5.73. The van der Waals surface area contributed by atoms with E-state index >= 15 is 0 Å². The Morgan fingerprint density at radius 2 is 1.14 bits per heavy atom. The maximum absolute atomic E-state index is 3.72. The van der Waals surface area contributed by atoms with Gasteiger partial charge in [-0.2, -0.15) is 0 Å². The second-order valence-corrected chi connectivity index (χ2v) is 10.1. The fourth-order valence-electron chi connectivity index (χ4n) is 5.39. The van der Waals surface area contributed by atoms with Gasteiger partial charge >= 0.3 is 0 Å². The van der Waals surface area contributed by atoms with Crippen LogP contribution in [-0.2, 0) is 0 Å². The summed E-state index contributed by atoms with van der Waals surface area (Å²) in [7, 11) is 0. The third-order valence-corrected chi connectivity index (χ3v) is 7.50. The van der Waals surface area contributed by atoms with Gasteiger partial charge in [0.15, 0.2) is 0 Å². The lowest BCUT2D eigenvalue weighted by Gasteiger charge is -2.25. The molecule has 0 aliphatic rings. The Kier molecular flexibility index (Phi) is 5.30. The number of anilines is 3. The van der Waals surface area contributed by atoms with Crippen LogP contribution in [-0.4, -0.2) is 4.57 Å². The molecule has 0 fully saturated rings. The molecule has 1 heterocycles. The van der Waals surface area contributed by atoms with Crippen molar-refractivity contribution in [3.05, 3.63) is 144 Å². The highest BCUT2D eigenvalue weighted by molar-refractivity contribution is 9.10. The van der Waals surface area contributed by atoms with Gasteiger partial charge in [0.25, 0.3) is 0 Å². The van der Waals surface area contributed by atoms with Crippen LogP contribution in [0.25, 0.3) is 38.3 Å². The molecule has 176 valence electrons. The van der Waals surface area contributed by atoms with Crippen LogP contribution in [0.2, 0.25) is 0 Å². The molecule has 0 N–H and O–H groups in total. The molecule has 0 saturated carbocycles. The Labute approximate surface area is 224 Å². The van der Waals surface area contributed by atoms with Gasteiger partial charge in [-0.3, -0.25) is 0 Å². The standard InChI is InChI=1S/C34H23BrN2/c35-25-18-20-30-31-23-28(36(26-12-3-1-4-13-26)27-14-5-2-6-15-27)19-21-33(31)37(34(30)22-25)32-17-9-11-24-10-7-8-16-29(24)32/h1-23H. The first-order chi connectivity index (χ1) is 18.3. The Balaban J connectivity index is 1.53. The zero-order valence-electron chi connectivity index (χ0n) is 20.1. The summed E-state index contributed by atoms with van der Waals surface area (Å²) >= 11 is 3.72. The topological polar surface area (TPSA) is 8.17 Å². The first kappa shape index (κ1) is 21.9. The summed E-state index contributed by atoms with van der Waals surface area (Å²) < 4.78 is 3.47. The van der Waals surface area contributed by atoms with Crippen LogP contribution in [0.4, 0.5) is 17.1 Å². The Morgan fingerprint density at radius 1 is 0.459 bits per heavy atom. The van der Waals surface area contributed by atoms with E-state index in [1.165, 1.54) is 38.3 Å². The molecular formula is C34H23BrN2. The van der Waals surface area contributed by atoms with Gasteiger partial charge in [0, 0.05) is 37.7 Å². The summed E-state index contributed by atoms with van der Waals surface area (Å²) in [4.78, 5) is 2.32. The average Bonchev–Trinajstić information content (AvgIpc) is 3.26. The molecular weight excluding hydrogens is 516 g/mol. The summed E-state index contributed by atoms with van der Waals surface area (Å²) in [6.07, 6.45) is 0. The highest BCUT2D eigenvalue weighted by atomic mass is 79.9. The van der Waals surface area contributed by atoms with Crippen LogP contribution in [0.1, 0.15) is 0 Å². The zero-order chi connectivity index (χ0) is 24.8. The number of halogens is 1. The molecule has 0 unspecified atom stereocenters. The van der Waals surface area contributed by atoms with E-state index in [0.29, 0.717) is 0 Å². The number of hydrogen-bond acceptors (Lipinski definition) is 1. The molecule has 0 saturated heterocycles. The van der Waals surface area contributed by atoms with E-state index in [1.807, 2.05) is 0 Å². The highest BCUT2D eigenvalue weighted by Crippen LogP contribution is 2.40. The van der Waals surface area contributed by atoms with Crippen LogP contribution >= 0.6 is 15.9 Å². The van der Waals surface area contributed by atoms with Crippen LogP contribution in [0.15, 0.2) is 144 Å². The SMILES string of the molecule is Brc1ccc2c3cc(N(c4ccccc4)c4ccccc4)ccc3n(-c3cccc4ccccc34)c2c1. The van der Waals surface area contributed by atoms with Gasteiger partial charge in [-0.25, -0.2) is 0 Å². The molecule has 1 aromatic heterocycles. The Bertz CT molecular complexity index is 1840. The smallest absolute Gasteiger partial charge is 0.0552 e. The van der Waals surface area contributed by atoms with Gasteiger partial charge in [0.1, 0.15) is 0 Å². The third-order valence-electron chi connectivity index (χ3n) is 7.01. The maximum atomic E-state index is 3.72. The van der Waals surface area contributed by atoms with Crippen molar-refractivity contribution in [2.75, 3.05) is 4.90 Å². The van der Waals surface area contributed by atoms with Gasteiger partial charge in [-0.05, 0) is 66.0 Å². The minimum absolute atomic E-state index is 1.07. The minimum Gasteiger partial charge on any atom is -0.310 e. The van der Waals surface area contributed by atoms with Crippen molar-refractivity contribution in [1.29, 1.82) is 0 Å². The molecule has 0 aliphatic heterocycles. The number of nitrogens with zero attached hydrogens (tertiary/aromatic N) is 2. The second-order valence-electron chi connectivity index (χ2n) is 9.20. The van der Waals surface area contributed by atoms with Gasteiger partial charge in [0.05, 0.1) is 16.7 Å². The van der Waals surface area contributed by atoms with Crippen molar-refractivity contribution < 1.29 is 0 Å². The molecule has 2 nitrogen and oxygen atoms in total. The number of aromatic nitrogens is 1. The molecule has 0 radical (unpaired) electrons. The lowest BCUT2D eigenvalue weighted by atomic mass is 10.1. The van der Waals surface area contributed by atoms with Gasteiger partial charge in [0.2, 0.25) is 0 Å². The fraction of sp³-hybridized carbons (Fsp3) is 0. The minimum atomic E-state index is 1.07. The van der Waals surface area contributed by atoms with E-state index in [0.717, 1.165) is 21.5 Å². The van der Waals surface area contributed by atoms with E-state index in [2.05, 4.69) is 165 Å². The van der Waals surface area contributed by atoms with Crippen LogP contribution in [0.3, 0.4) is 0 Å². The average molecular weight is 539 g/mol. The molecule has 7 aromatic rings. The zero-order valence-corrected chi connectivity index (χ0v) is 21.6. The normalized spacial score (nSPS) is 11.4. The highest BCUT2D eigenvalue weighted by Gasteiger charge is 2.18. The van der Waals surface area contributed by atoms with Crippen molar-refractivity contribution in [2.45, 2.75) is 0 Å². The van der Waals surface area contributed by atoms with E-state index in [9.17, 15) is 0 Å². The van der Waals surface area contributed by atoms with E-state index in [4.69, 9.17) is 0 Å². The first-order valence-corrected chi connectivity index (χ1v) is 13.2. The molecule has 0 spiro atoms. The summed E-state index contributed by atoms with van der Waals surface area (Å²) in [5, 5.41) is 4.93. The summed E-state index contributed by atoms with van der Waals surface area (Å²) in [5.41, 5.74) is 6.96. The molecule has 0 aliphatic carbocycles. The number of rotatable bonds is 4. The second kappa shape index (κ2) is 8.95. The summed E-state index contributed by atoms with van der Waals surface area (Å²) in [6.45, 7) is 0. The summed E-state index contributed by atoms with van der Waals surface area (Å²) in [5.74, 6) is 0. The molecule has 0 bridgehead atoms. The van der Waals surface area contributed by atoms with Crippen molar-refractivity contribution in [2.24, 2.45) is 0 Å². The quantitative estimate of drug-likeness (QED) is 0.216. The predicted molar refractivity (Wildman–Crippen MR) is 161 cm³/mol. The molecule has 37 heavy (non-hydrogen) atoms. The molecule has 6 aromatic carbocycles. The Morgan fingerprint density at radius 3 is 1.89 bits per heavy atom. The first-order valence-electron chi connectivity index (χ1n) is 12.4. The number of para-hydroxylation sites is 2. The van der Waals surface area contributed by atoms with Crippen LogP contribution in [0.5, 0.6) is 0 Å². The van der Waals surface area contributed by atoms with E-state index in [1.54, 1.807) is 0 Å². The predicted octanol–water partition coefficient (Wildman–Crippen LogP) is 10.2. The molecule has 7 rings (SSSR count). The van der Waals surface area contributed by atoms with Crippen molar-refractivity contribution in [1.82, 2.24) is 4.57 Å². The monoisotopic (exact) mass is 538 g/mol. The van der Waals surface area contributed by atoms with Crippen LogP contribution < -0.4 is 4.90 Å². The summed E-state index contributed by atoms with van der Waals surface area (Å²) in [6, 6.07) is 49.7. The van der Waals surface area contributed by atoms with Crippen molar-refractivity contribution in [3.8, 4) is 5.69 Å². The van der Waals surface area contributed by atoms with Crippen molar-refractivity contribution >= 4 is 65.6 Å². The maximum Gasteiger partial charge on any atom is 0.0552 e. The number of fused-ring (bicyclic) bond motifs is 4. The number of hydrogen-bond donors (Lipinski definition) is 0. The lowest BCUT2D eigenvalue weighted by Crippen LogP contribution is -2.09. The van der Waals surface area contributed by atoms with Gasteiger partial charge < -0.3 is 9.47 Å². The lowest BCUT2D eigenvalue weighted by molar-refractivity contribution is 1.19. The number of benzene rings is 6. The molecule has 0 amide bonds. The van der Waals surface area contributed by atoms with Crippen LogP contribution in [0, 0.1) is 0 Å². The molecule has 3 heteroatoms. The largest absolute Gasteiger partial charge is 0.310 e. The van der Waals surface area contributed by atoms with Gasteiger partial charge in [-0.1, -0.05) is 94.8 Å². The third kappa shape index (κ3) is 3.71. The van der Waals surface area contributed by atoms with E-state index < -0.39 is 0 Å². The van der Waals surface area contributed by atoms with Crippen molar-refractivity contribution in [3.63, 3.8) is 0 Å². The van der Waals surface area contributed by atoms with E-state index in [-0.39, 0.29) is 0 Å². The molecule has 0 atom stereocenters. The Hall–Kier alpha value is -4.34. The van der Waals surface area contributed by atoms with Gasteiger partial charge in [-0.15, -0.1) is 0 Å².